The lowest BCUT2D eigenvalue weighted by atomic mass is 10.0. The number of methoxy groups -OCH3 is 1. The van der Waals surface area contributed by atoms with Crippen molar-refractivity contribution < 1.29 is 13.2 Å². The van der Waals surface area contributed by atoms with Crippen LogP contribution in [0.3, 0.4) is 0 Å². The number of rotatable bonds is 5. The van der Waals surface area contributed by atoms with E-state index in [0.29, 0.717) is 5.75 Å². The first-order chi connectivity index (χ1) is 9.54. The highest BCUT2D eigenvalue weighted by molar-refractivity contribution is 7.91. The van der Waals surface area contributed by atoms with Crippen molar-refractivity contribution in [2.75, 3.05) is 18.6 Å². The molecule has 1 aliphatic heterocycles. The molecule has 0 amide bonds. The van der Waals surface area contributed by atoms with Gasteiger partial charge in [0.2, 0.25) is 0 Å². The van der Waals surface area contributed by atoms with Gasteiger partial charge in [0.05, 0.1) is 18.6 Å². The van der Waals surface area contributed by atoms with Gasteiger partial charge in [0.15, 0.2) is 9.84 Å². The summed E-state index contributed by atoms with van der Waals surface area (Å²) in [5, 5.41) is 3.50. The summed E-state index contributed by atoms with van der Waals surface area (Å²) in [6.07, 6.45) is 2.63. The van der Waals surface area contributed by atoms with E-state index in [0.717, 1.165) is 25.0 Å². The van der Waals surface area contributed by atoms with E-state index in [2.05, 4.69) is 12.2 Å². The second-order valence-corrected chi connectivity index (χ2v) is 7.58. The minimum absolute atomic E-state index is 0.0702. The lowest BCUT2D eigenvalue weighted by Gasteiger charge is -2.28. The summed E-state index contributed by atoms with van der Waals surface area (Å²) in [5.41, 5.74) is 1.18. The van der Waals surface area contributed by atoms with Gasteiger partial charge in [-0.25, -0.2) is 8.42 Å². The third-order valence-corrected chi connectivity index (χ3v) is 5.65. The van der Waals surface area contributed by atoms with Crippen molar-refractivity contribution in [3.63, 3.8) is 0 Å². The number of benzene rings is 1. The van der Waals surface area contributed by atoms with Crippen molar-refractivity contribution in [2.24, 2.45) is 0 Å². The van der Waals surface area contributed by atoms with Gasteiger partial charge in [-0.15, -0.1) is 0 Å². The molecular weight excluding hydrogens is 274 g/mol. The number of sulfone groups is 1. The van der Waals surface area contributed by atoms with Crippen LogP contribution in [0.4, 0.5) is 0 Å². The molecule has 2 rings (SSSR count). The summed E-state index contributed by atoms with van der Waals surface area (Å²) in [5.74, 6) is 1.44. The Kier molecular flexibility index (Phi) is 5.05. The quantitative estimate of drug-likeness (QED) is 0.906. The largest absolute Gasteiger partial charge is 0.497 e. The first-order valence-electron chi connectivity index (χ1n) is 7.14. The standard InChI is InChI=1S/C15H23NO3S/c1-3-15(12-6-8-14(19-2)9-7-12)16-13-5-4-10-20(17,18)11-13/h6-9,13,15-16H,3-5,10-11H2,1-2H3. The lowest BCUT2D eigenvalue weighted by molar-refractivity contribution is 0.408. The maximum absolute atomic E-state index is 11.7. The van der Waals surface area contributed by atoms with Crippen LogP contribution in [-0.4, -0.2) is 33.1 Å². The number of ether oxygens (including phenoxy) is 1. The van der Waals surface area contributed by atoms with Crippen LogP contribution in [0.1, 0.15) is 37.8 Å². The van der Waals surface area contributed by atoms with Crippen LogP contribution in [0.15, 0.2) is 24.3 Å². The van der Waals surface area contributed by atoms with E-state index in [1.54, 1.807) is 7.11 Å². The highest BCUT2D eigenvalue weighted by atomic mass is 32.2. The van der Waals surface area contributed by atoms with E-state index in [1.165, 1.54) is 5.56 Å². The molecule has 0 aliphatic carbocycles. The van der Waals surface area contributed by atoms with Crippen LogP contribution >= 0.6 is 0 Å². The summed E-state index contributed by atoms with van der Waals surface area (Å²) >= 11 is 0. The number of hydrogen-bond acceptors (Lipinski definition) is 4. The van der Waals surface area contributed by atoms with Gasteiger partial charge in [-0.1, -0.05) is 19.1 Å². The average molecular weight is 297 g/mol. The van der Waals surface area contributed by atoms with E-state index in [1.807, 2.05) is 24.3 Å². The first kappa shape index (κ1) is 15.3. The van der Waals surface area contributed by atoms with Crippen molar-refractivity contribution in [1.29, 1.82) is 0 Å². The molecule has 20 heavy (non-hydrogen) atoms. The molecule has 112 valence electrons. The van der Waals surface area contributed by atoms with Crippen molar-refractivity contribution in [2.45, 2.75) is 38.3 Å². The fraction of sp³-hybridized carbons (Fsp3) is 0.600. The lowest BCUT2D eigenvalue weighted by Crippen LogP contribution is -2.41. The molecule has 1 N–H and O–H groups in total. The molecule has 1 fully saturated rings. The second kappa shape index (κ2) is 6.59. The average Bonchev–Trinajstić information content (AvgIpc) is 2.44. The minimum atomic E-state index is -2.86. The molecule has 0 radical (unpaired) electrons. The Labute approximate surface area is 121 Å². The Morgan fingerprint density at radius 3 is 2.60 bits per heavy atom. The zero-order valence-electron chi connectivity index (χ0n) is 12.1. The highest BCUT2D eigenvalue weighted by Gasteiger charge is 2.26. The molecule has 1 aromatic rings. The highest BCUT2D eigenvalue weighted by Crippen LogP contribution is 2.22. The van der Waals surface area contributed by atoms with Gasteiger partial charge in [-0.05, 0) is 37.0 Å². The van der Waals surface area contributed by atoms with Gasteiger partial charge in [-0.2, -0.15) is 0 Å². The van der Waals surface area contributed by atoms with Crippen molar-refractivity contribution in [1.82, 2.24) is 5.32 Å². The van der Waals surface area contributed by atoms with Crippen LogP contribution in [-0.2, 0) is 9.84 Å². The third-order valence-electron chi connectivity index (χ3n) is 3.83. The van der Waals surface area contributed by atoms with Gasteiger partial charge >= 0.3 is 0 Å². The third kappa shape index (κ3) is 3.96. The smallest absolute Gasteiger partial charge is 0.151 e. The van der Waals surface area contributed by atoms with Gasteiger partial charge in [-0.3, -0.25) is 0 Å². The number of hydrogen-bond donors (Lipinski definition) is 1. The Morgan fingerprint density at radius 2 is 2.05 bits per heavy atom. The molecular formula is C15H23NO3S. The van der Waals surface area contributed by atoms with Gasteiger partial charge in [0.1, 0.15) is 5.75 Å². The van der Waals surface area contributed by atoms with Gasteiger partial charge < -0.3 is 10.1 Å². The molecule has 1 aromatic carbocycles. The molecule has 4 nitrogen and oxygen atoms in total. The number of nitrogens with one attached hydrogen (secondary N) is 1. The predicted molar refractivity (Wildman–Crippen MR) is 80.8 cm³/mol. The van der Waals surface area contributed by atoms with E-state index in [-0.39, 0.29) is 17.8 Å². The normalized spacial score (nSPS) is 23.2. The van der Waals surface area contributed by atoms with Crippen LogP contribution in [0.2, 0.25) is 0 Å². The monoisotopic (exact) mass is 297 g/mol. The summed E-state index contributed by atoms with van der Waals surface area (Å²) in [6.45, 7) is 2.11. The predicted octanol–water partition coefficient (Wildman–Crippen LogP) is 2.31. The Morgan fingerprint density at radius 1 is 1.35 bits per heavy atom. The second-order valence-electron chi connectivity index (χ2n) is 5.35. The summed E-state index contributed by atoms with van der Waals surface area (Å²) in [7, 11) is -1.21. The molecule has 2 atom stereocenters. The zero-order chi connectivity index (χ0) is 14.6. The summed E-state index contributed by atoms with van der Waals surface area (Å²) in [4.78, 5) is 0. The van der Waals surface area contributed by atoms with Gasteiger partial charge in [0, 0.05) is 12.1 Å². The van der Waals surface area contributed by atoms with E-state index in [9.17, 15) is 8.42 Å². The minimum Gasteiger partial charge on any atom is -0.497 e. The molecule has 5 heteroatoms. The van der Waals surface area contributed by atoms with Crippen LogP contribution in [0, 0.1) is 0 Å². The molecule has 0 aromatic heterocycles. The van der Waals surface area contributed by atoms with Gasteiger partial charge in [0.25, 0.3) is 0 Å². The molecule has 1 saturated heterocycles. The fourth-order valence-corrected chi connectivity index (χ4v) is 4.37. The van der Waals surface area contributed by atoms with E-state index >= 15 is 0 Å². The van der Waals surface area contributed by atoms with Crippen LogP contribution < -0.4 is 10.1 Å². The zero-order valence-corrected chi connectivity index (χ0v) is 12.9. The molecule has 1 aliphatic rings. The van der Waals surface area contributed by atoms with Crippen molar-refractivity contribution in [3.8, 4) is 5.75 Å². The molecule has 0 saturated carbocycles. The van der Waals surface area contributed by atoms with Crippen LogP contribution in [0.5, 0.6) is 5.75 Å². The van der Waals surface area contributed by atoms with Crippen molar-refractivity contribution >= 4 is 9.84 Å². The van der Waals surface area contributed by atoms with E-state index < -0.39 is 9.84 Å². The van der Waals surface area contributed by atoms with Crippen LogP contribution in [0.25, 0.3) is 0 Å². The fourth-order valence-electron chi connectivity index (χ4n) is 2.72. The Bertz CT molecular complexity index is 525. The molecule has 1 heterocycles. The molecule has 0 spiro atoms. The Hall–Kier alpha value is -1.07. The Balaban J connectivity index is 2.04. The molecule has 0 bridgehead atoms. The first-order valence-corrected chi connectivity index (χ1v) is 8.96. The summed E-state index contributed by atoms with van der Waals surface area (Å²) in [6, 6.07) is 8.23. The topological polar surface area (TPSA) is 55.4 Å². The molecule has 2 unspecified atom stereocenters. The maximum atomic E-state index is 11.7. The van der Waals surface area contributed by atoms with E-state index in [4.69, 9.17) is 4.74 Å². The maximum Gasteiger partial charge on any atom is 0.151 e. The SMILES string of the molecule is CCC(NC1CCCS(=O)(=O)C1)c1ccc(OC)cc1. The van der Waals surface area contributed by atoms with Crippen molar-refractivity contribution in [3.05, 3.63) is 29.8 Å². The summed E-state index contributed by atoms with van der Waals surface area (Å²) < 4.78 is 28.5.